The van der Waals surface area contributed by atoms with Crippen LogP contribution in [0.3, 0.4) is 0 Å². The van der Waals surface area contributed by atoms with Gasteiger partial charge in [0.15, 0.2) is 5.69 Å². The van der Waals surface area contributed by atoms with Crippen molar-refractivity contribution in [2.45, 2.75) is 37.3 Å². The van der Waals surface area contributed by atoms with Crippen LogP contribution in [-0.4, -0.2) is 17.0 Å². The van der Waals surface area contributed by atoms with Crippen LogP contribution in [0.25, 0.3) is 0 Å². The monoisotopic (exact) mass is 424 g/mol. The van der Waals surface area contributed by atoms with E-state index in [1.165, 1.54) is 18.2 Å². The number of hydrogen-bond acceptors (Lipinski definition) is 5. The van der Waals surface area contributed by atoms with E-state index in [-0.39, 0.29) is 23.1 Å². The maximum atomic E-state index is 13.8. The number of alkyl halides is 5. The van der Waals surface area contributed by atoms with E-state index in [0.717, 1.165) is 0 Å². The summed E-state index contributed by atoms with van der Waals surface area (Å²) in [6.07, 6.45) is -5.83. The van der Waals surface area contributed by atoms with Gasteiger partial charge in [0.1, 0.15) is 12.1 Å². The molecule has 1 amide bonds. The molecular formula is C19H13F5N4O2. The van der Waals surface area contributed by atoms with Gasteiger partial charge in [-0.05, 0) is 30.0 Å². The topological polar surface area (TPSA) is 103 Å². The average Bonchev–Trinajstić information content (AvgIpc) is 3.28. The van der Waals surface area contributed by atoms with E-state index in [4.69, 9.17) is 5.26 Å². The number of rotatable bonds is 4. The van der Waals surface area contributed by atoms with Crippen molar-refractivity contribution in [2.24, 2.45) is 5.92 Å². The minimum Gasteiger partial charge on any atom is -0.338 e. The fourth-order valence-electron chi connectivity index (χ4n) is 3.52. The second-order valence-electron chi connectivity index (χ2n) is 6.93. The maximum Gasteiger partial charge on any atom is 0.436 e. The van der Waals surface area contributed by atoms with E-state index in [2.05, 4.69) is 15.0 Å². The number of anilines is 1. The molecule has 0 radical (unpaired) electrons. The van der Waals surface area contributed by atoms with Gasteiger partial charge in [-0.2, -0.15) is 23.7 Å². The van der Waals surface area contributed by atoms with E-state index >= 15 is 0 Å². The molecule has 1 saturated carbocycles. The molecule has 1 aromatic carbocycles. The molecule has 2 aromatic rings. The summed E-state index contributed by atoms with van der Waals surface area (Å²) in [6, 6.07) is 8.00. The minimum atomic E-state index is -4.78. The van der Waals surface area contributed by atoms with Crippen LogP contribution >= 0.6 is 0 Å². The Balaban J connectivity index is 1.94. The van der Waals surface area contributed by atoms with Crippen LogP contribution in [0.5, 0.6) is 0 Å². The third-order valence-electron chi connectivity index (χ3n) is 4.89. The molecular weight excluding hydrogens is 411 g/mol. The summed E-state index contributed by atoms with van der Waals surface area (Å²) in [5.74, 6) is -6.47. The summed E-state index contributed by atoms with van der Waals surface area (Å²) in [7, 11) is 0. The summed E-state index contributed by atoms with van der Waals surface area (Å²) in [5.41, 5.74) is -1.16. The molecule has 2 atom stereocenters. The van der Waals surface area contributed by atoms with Gasteiger partial charge in [-0.15, -0.1) is 0 Å². The second-order valence-corrected chi connectivity index (χ2v) is 6.93. The van der Waals surface area contributed by atoms with E-state index in [1.54, 1.807) is 6.07 Å². The molecule has 0 bridgehead atoms. The molecule has 156 valence electrons. The first-order valence-corrected chi connectivity index (χ1v) is 8.71. The van der Waals surface area contributed by atoms with Crippen LogP contribution in [0.2, 0.25) is 0 Å². The Bertz CT molecular complexity index is 1050. The molecule has 1 aliphatic carbocycles. The maximum absolute atomic E-state index is 13.8. The number of amides is 1. The van der Waals surface area contributed by atoms with E-state index in [9.17, 15) is 32.0 Å². The van der Waals surface area contributed by atoms with Crippen LogP contribution in [-0.2, 0) is 11.0 Å². The number of carbonyl (C=O) groups excluding carboxylic acids is 1. The molecule has 0 spiro atoms. The van der Waals surface area contributed by atoms with Gasteiger partial charge in [0, 0.05) is 18.9 Å². The molecule has 1 N–H and O–H groups in total. The third-order valence-corrected chi connectivity index (χ3v) is 4.89. The van der Waals surface area contributed by atoms with Crippen molar-refractivity contribution in [3.8, 4) is 12.1 Å². The van der Waals surface area contributed by atoms with Crippen LogP contribution in [0.15, 0.2) is 28.8 Å². The number of benzene rings is 1. The van der Waals surface area contributed by atoms with Gasteiger partial charge in [0.25, 0.3) is 0 Å². The Morgan fingerprint density at radius 2 is 1.93 bits per heavy atom. The zero-order chi connectivity index (χ0) is 22.1. The lowest BCUT2D eigenvalue weighted by Crippen LogP contribution is -2.27. The summed E-state index contributed by atoms with van der Waals surface area (Å²) < 4.78 is 70.1. The first-order valence-electron chi connectivity index (χ1n) is 8.71. The molecule has 3 rings (SSSR count). The molecule has 0 unspecified atom stereocenters. The molecule has 1 fully saturated rings. The summed E-state index contributed by atoms with van der Waals surface area (Å²) in [4.78, 5) is 12.9. The van der Waals surface area contributed by atoms with Gasteiger partial charge in [-0.3, -0.25) is 10.1 Å². The molecule has 0 aliphatic heterocycles. The van der Waals surface area contributed by atoms with Gasteiger partial charge in [0.05, 0.1) is 17.0 Å². The van der Waals surface area contributed by atoms with Crippen molar-refractivity contribution in [2.75, 3.05) is 5.32 Å². The largest absolute Gasteiger partial charge is 0.436 e. The number of nitrogens with zero attached hydrogens (tertiary/aromatic N) is 3. The van der Waals surface area contributed by atoms with Gasteiger partial charge in [-0.25, -0.2) is 8.78 Å². The molecule has 11 heteroatoms. The Hall–Kier alpha value is -3.47. The van der Waals surface area contributed by atoms with E-state index in [1.807, 2.05) is 6.07 Å². The Kier molecular flexibility index (Phi) is 5.49. The third kappa shape index (κ3) is 4.40. The van der Waals surface area contributed by atoms with Crippen molar-refractivity contribution < 1.29 is 31.3 Å². The lowest BCUT2D eigenvalue weighted by Gasteiger charge is -2.23. The average molecular weight is 424 g/mol. The second kappa shape index (κ2) is 7.75. The quantitative estimate of drug-likeness (QED) is 0.723. The summed E-state index contributed by atoms with van der Waals surface area (Å²) in [6.45, 7) is 0. The first kappa shape index (κ1) is 21.2. The highest BCUT2D eigenvalue weighted by molar-refractivity contribution is 5.95. The van der Waals surface area contributed by atoms with Crippen LogP contribution < -0.4 is 5.32 Å². The van der Waals surface area contributed by atoms with E-state index in [0.29, 0.717) is 6.07 Å². The fourth-order valence-corrected chi connectivity index (χ4v) is 3.52. The number of halogens is 5. The molecule has 6 nitrogen and oxygen atoms in total. The van der Waals surface area contributed by atoms with Crippen molar-refractivity contribution in [3.05, 3.63) is 46.6 Å². The zero-order valence-electron chi connectivity index (χ0n) is 15.1. The van der Waals surface area contributed by atoms with Gasteiger partial charge in [0.2, 0.25) is 17.7 Å². The highest BCUT2D eigenvalue weighted by Crippen LogP contribution is 2.46. The molecule has 1 heterocycles. The van der Waals surface area contributed by atoms with Crippen LogP contribution in [0, 0.1) is 28.6 Å². The number of nitrogens with one attached hydrogen (secondary N) is 1. The first-order chi connectivity index (χ1) is 14.0. The van der Waals surface area contributed by atoms with Crippen LogP contribution in [0.1, 0.15) is 47.6 Å². The van der Waals surface area contributed by atoms with Gasteiger partial charge >= 0.3 is 6.18 Å². The van der Waals surface area contributed by atoms with Crippen LogP contribution in [0.4, 0.5) is 27.8 Å². The lowest BCUT2D eigenvalue weighted by atomic mass is 9.83. The van der Waals surface area contributed by atoms with E-state index < -0.39 is 54.3 Å². The highest BCUT2D eigenvalue weighted by atomic mass is 19.4. The Morgan fingerprint density at radius 1 is 1.23 bits per heavy atom. The number of hydrogen-bond donors (Lipinski definition) is 1. The molecule has 0 saturated heterocycles. The smallest absolute Gasteiger partial charge is 0.338 e. The number of aromatic nitrogens is 1. The number of carbonyl (C=O) groups is 1. The number of nitriles is 2. The molecule has 1 aromatic heterocycles. The van der Waals surface area contributed by atoms with Crippen molar-refractivity contribution in [1.29, 1.82) is 10.5 Å². The van der Waals surface area contributed by atoms with Crippen molar-refractivity contribution in [1.82, 2.24) is 5.16 Å². The summed E-state index contributed by atoms with van der Waals surface area (Å²) in [5, 5.41) is 23.2. The Morgan fingerprint density at radius 3 is 2.47 bits per heavy atom. The van der Waals surface area contributed by atoms with Crippen molar-refractivity contribution in [3.63, 3.8) is 0 Å². The lowest BCUT2D eigenvalue weighted by molar-refractivity contribution is -0.142. The van der Waals surface area contributed by atoms with Gasteiger partial charge < -0.3 is 4.52 Å². The predicted molar refractivity (Wildman–Crippen MR) is 91.0 cm³/mol. The molecule has 30 heavy (non-hydrogen) atoms. The van der Waals surface area contributed by atoms with Crippen molar-refractivity contribution >= 4 is 11.8 Å². The summed E-state index contributed by atoms with van der Waals surface area (Å²) >= 11 is 0. The normalized spacial score (nSPS) is 19.0. The predicted octanol–water partition coefficient (Wildman–Crippen LogP) is 4.59. The van der Waals surface area contributed by atoms with Gasteiger partial charge in [-0.1, -0.05) is 11.2 Å². The SMILES string of the molecule is N#Cc1ccc([C@@H](C(=O)Nc2cc(C(F)(F)F)no2)[C@@H]2CCC(F)(F)C2)cc1C#N. The zero-order valence-corrected chi connectivity index (χ0v) is 15.1. The minimum absolute atomic E-state index is 0.00280. The standard InChI is InChI=1S/C19H13F5N4O2/c20-18(21)4-3-11(7-18)16(10-1-2-12(8-25)13(5-10)9-26)17(29)27-15-6-14(28-30-15)19(22,23)24/h1-2,5-6,11,16H,3-4,7H2,(H,27,29)/t11-,16-/m1/s1. The Labute approximate surface area is 166 Å². The molecule has 1 aliphatic rings. The fraction of sp³-hybridized carbons (Fsp3) is 0.368. The highest BCUT2D eigenvalue weighted by Gasteiger charge is 2.45.